The van der Waals surface area contributed by atoms with Crippen LogP contribution in [0.5, 0.6) is 0 Å². The number of pyridine rings is 1. The van der Waals surface area contributed by atoms with Crippen LogP contribution in [-0.2, 0) is 6.42 Å². The highest BCUT2D eigenvalue weighted by atomic mass is 15.3. The van der Waals surface area contributed by atoms with E-state index in [0.717, 1.165) is 53.4 Å². The number of nitrogens with zero attached hydrogens (tertiary/aromatic N) is 5. The second-order valence-electron chi connectivity index (χ2n) is 6.87. The molecule has 7 nitrogen and oxygen atoms in total. The van der Waals surface area contributed by atoms with Crippen molar-refractivity contribution in [3.05, 3.63) is 42.0 Å². The van der Waals surface area contributed by atoms with Gasteiger partial charge in [0, 0.05) is 30.5 Å². The van der Waals surface area contributed by atoms with Gasteiger partial charge >= 0.3 is 0 Å². The van der Waals surface area contributed by atoms with Crippen LogP contribution in [0.25, 0.3) is 11.3 Å². The van der Waals surface area contributed by atoms with Crippen molar-refractivity contribution in [3.63, 3.8) is 0 Å². The normalized spacial score (nSPS) is 13.4. The summed E-state index contributed by atoms with van der Waals surface area (Å²) in [5.41, 5.74) is 5.10. The fourth-order valence-corrected chi connectivity index (χ4v) is 3.05. The van der Waals surface area contributed by atoms with E-state index in [2.05, 4.69) is 40.6 Å². The number of aryl methyl sites for hydroxylation is 2. The smallest absolute Gasteiger partial charge is 0.228 e. The summed E-state index contributed by atoms with van der Waals surface area (Å²) >= 11 is 0. The van der Waals surface area contributed by atoms with Crippen molar-refractivity contribution in [2.45, 2.75) is 39.7 Å². The molecule has 0 radical (unpaired) electrons. The SMILES string of the molecule is Cc1cnc(Nc2ccc3c(n2)CCCN3)nc1-c1cnn(C(C)C)c1. The van der Waals surface area contributed by atoms with Crippen LogP contribution in [0.15, 0.2) is 30.7 Å². The monoisotopic (exact) mass is 349 g/mol. The van der Waals surface area contributed by atoms with Gasteiger partial charge in [0.25, 0.3) is 0 Å². The van der Waals surface area contributed by atoms with E-state index in [1.54, 1.807) is 0 Å². The fourth-order valence-electron chi connectivity index (χ4n) is 3.05. The van der Waals surface area contributed by atoms with Crippen molar-refractivity contribution in [2.75, 3.05) is 17.2 Å². The highest BCUT2D eigenvalue weighted by Crippen LogP contribution is 2.25. The van der Waals surface area contributed by atoms with Crippen molar-refractivity contribution >= 4 is 17.5 Å². The molecule has 3 aromatic heterocycles. The summed E-state index contributed by atoms with van der Waals surface area (Å²) in [6.07, 6.45) is 7.80. The Hall–Kier alpha value is -2.96. The first kappa shape index (κ1) is 16.5. The van der Waals surface area contributed by atoms with E-state index in [9.17, 15) is 0 Å². The van der Waals surface area contributed by atoms with Crippen LogP contribution in [0.4, 0.5) is 17.5 Å². The Balaban J connectivity index is 1.61. The third-order valence-corrected chi connectivity index (χ3v) is 4.50. The van der Waals surface area contributed by atoms with Gasteiger partial charge in [0.2, 0.25) is 5.95 Å². The van der Waals surface area contributed by atoms with Crippen LogP contribution in [0.2, 0.25) is 0 Å². The number of anilines is 3. The summed E-state index contributed by atoms with van der Waals surface area (Å²) in [7, 11) is 0. The second-order valence-corrected chi connectivity index (χ2v) is 6.87. The predicted octanol–water partition coefficient (Wildman–Crippen LogP) is 3.73. The highest BCUT2D eigenvalue weighted by molar-refractivity contribution is 5.64. The molecular weight excluding hydrogens is 326 g/mol. The van der Waals surface area contributed by atoms with Gasteiger partial charge < -0.3 is 10.6 Å². The van der Waals surface area contributed by atoms with E-state index in [-0.39, 0.29) is 0 Å². The minimum Gasteiger partial charge on any atom is -0.384 e. The first-order valence-electron chi connectivity index (χ1n) is 8.99. The second kappa shape index (κ2) is 6.74. The lowest BCUT2D eigenvalue weighted by molar-refractivity contribution is 0.532. The Morgan fingerprint density at radius 1 is 1.19 bits per heavy atom. The van der Waals surface area contributed by atoms with Crippen molar-refractivity contribution < 1.29 is 0 Å². The zero-order valence-electron chi connectivity index (χ0n) is 15.3. The van der Waals surface area contributed by atoms with E-state index < -0.39 is 0 Å². The van der Waals surface area contributed by atoms with E-state index in [1.165, 1.54) is 0 Å². The lowest BCUT2D eigenvalue weighted by Gasteiger charge is -2.17. The molecule has 7 heteroatoms. The van der Waals surface area contributed by atoms with Gasteiger partial charge in [0.1, 0.15) is 5.82 Å². The molecule has 4 rings (SSSR count). The molecule has 0 saturated carbocycles. The molecule has 0 aromatic carbocycles. The number of fused-ring (bicyclic) bond motifs is 1. The third-order valence-electron chi connectivity index (χ3n) is 4.50. The first-order valence-corrected chi connectivity index (χ1v) is 8.99. The molecular formula is C19H23N7. The molecule has 0 atom stereocenters. The topological polar surface area (TPSA) is 80.6 Å². The summed E-state index contributed by atoms with van der Waals surface area (Å²) in [6, 6.07) is 4.33. The number of aromatic nitrogens is 5. The van der Waals surface area contributed by atoms with Crippen molar-refractivity contribution in [2.24, 2.45) is 0 Å². The Bertz CT molecular complexity index is 929. The maximum Gasteiger partial charge on any atom is 0.228 e. The first-order chi connectivity index (χ1) is 12.6. The average Bonchev–Trinajstić information content (AvgIpc) is 3.13. The van der Waals surface area contributed by atoms with Gasteiger partial charge in [0.15, 0.2) is 0 Å². The zero-order chi connectivity index (χ0) is 18.1. The molecule has 1 aliphatic rings. The molecule has 134 valence electrons. The molecule has 3 aromatic rings. The standard InChI is InChI=1S/C19H23N7/c1-12(2)26-11-14(10-22-26)18-13(3)9-21-19(25-18)24-17-7-6-15-16(23-17)5-4-8-20-15/h6-7,9-12,20H,4-5,8H2,1-3H3,(H,21,23,24,25). The maximum atomic E-state index is 4.69. The molecule has 0 spiro atoms. The van der Waals surface area contributed by atoms with Crippen LogP contribution in [0.1, 0.15) is 37.6 Å². The molecule has 26 heavy (non-hydrogen) atoms. The van der Waals surface area contributed by atoms with Crippen LogP contribution in [0, 0.1) is 6.92 Å². The summed E-state index contributed by atoms with van der Waals surface area (Å²) in [5.74, 6) is 1.30. The molecule has 4 heterocycles. The minimum atomic E-state index is 0.316. The minimum absolute atomic E-state index is 0.316. The molecule has 0 unspecified atom stereocenters. The van der Waals surface area contributed by atoms with Crippen molar-refractivity contribution in [1.29, 1.82) is 0 Å². The van der Waals surface area contributed by atoms with E-state index in [4.69, 9.17) is 9.97 Å². The maximum absolute atomic E-state index is 4.69. The number of nitrogens with one attached hydrogen (secondary N) is 2. The van der Waals surface area contributed by atoms with Crippen molar-refractivity contribution in [1.82, 2.24) is 24.7 Å². The van der Waals surface area contributed by atoms with Crippen LogP contribution in [0.3, 0.4) is 0 Å². The average molecular weight is 349 g/mol. The van der Waals surface area contributed by atoms with Gasteiger partial charge in [-0.15, -0.1) is 0 Å². The summed E-state index contributed by atoms with van der Waals surface area (Å²) in [5, 5.41) is 11.0. The van der Waals surface area contributed by atoms with E-state index >= 15 is 0 Å². The number of rotatable bonds is 4. The lowest BCUT2D eigenvalue weighted by Crippen LogP contribution is -2.13. The molecule has 0 bridgehead atoms. The van der Waals surface area contributed by atoms with Gasteiger partial charge in [0.05, 0.1) is 23.3 Å². The van der Waals surface area contributed by atoms with Gasteiger partial charge in [-0.1, -0.05) is 0 Å². The largest absolute Gasteiger partial charge is 0.384 e. The Kier molecular flexibility index (Phi) is 4.28. The van der Waals surface area contributed by atoms with Gasteiger partial charge in [-0.3, -0.25) is 4.68 Å². The van der Waals surface area contributed by atoms with E-state index in [1.807, 2.05) is 36.3 Å². The number of hydrogen-bond donors (Lipinski definition) is 2. The third kappa shape index (κ3) is 3.24. The number of hydrogen-bond acceptors (Lipinski definition) is 6. The van der Waals surface area contributed by atoms with Crippen LogP contribution < -0.4 is 10.6 Å². The van der Waals surface area contributed by atoms with E-state index in [0.29, 0.717) is 12.0 Å². The highest BCUT2D eigenvalue weighted by Gasteiger charge is 2.13. The zero-order valence-corrected chi connectivity index (χ0v) is 15.3. The Morgan fingerprint density at radius 2 is 2.08 bits per heavy atom. The molecule has 2 N–H and O–H groups in total. The summed E-state index contributed by atoms with van der Waals surface area (Å²) in [6.45, 7) is 7.23. The van der Waals surface area contributed by atoms with Gasteiger partial charge in [-0.25, -0.2) is 15.0 Å². The molecule has 1 aliphatic heterocycles. The van der Waals surface area contributed by atoms with Gasteiger partial charge in [-0.2, -0.15) is 5.10 Å². The predicted molar refractivity (Wildman–Crippen MR) is 103 cm³/mol. The van der Waals surface area contributed by atoms with Crippen LogP contribution in [-0.4, -0.2) is 31.3 Å². The quantitative estimate of drug-likeness (QED) is 0.747. The molecule has 0 saturated heterocycles. The lowest BCUT2D eigenvalue weighted by atomic mass is 10.1. The Labute approximate surface area is 152 Å². The molecule has 0 fully saturated rings. The van der Waals surface area contributed by atoms with Gasteiger partial charge in [-0.05, 0) is 51.3 Å². The fraction of sp³-hybridized carbons (Fsp3) is 0.368. The molecule has 0 amide bonds. The molecule has 0 aliphatic carbocycles. The van der Waals surface area contributed by atoms with Crippen molar-refractivity contribution in [3.8, 4) is 11.3 Å². The summed E-state index contributed by atoms with van der Waals surface area (Å²) in [4.78, 5) is 13.8. The summed E-state index contributed by atoms with van der Waals surface area (Å²) < 4.78 is 1.93. The van der Waals surface area contributed by atoms with Crippen LogP contribution >= 0.6 is 0 Å². The Morgan fingerprint density at radius 3 is 2.88 bits per heavy atom.